The molecular formula is C47H89O11P. The molecule has 1 fully saturated rings. The summed E-state index contributed by atoms with van der Waals surface area (Å²) in [5, 5.41) is 31.3. The van der Waals surface area contributed by atoms with Crippen molar-refractivity contribution in [2.45, 2.75) is 244 Å². The fourth-order valence-electron chi connectivity index (χ4n) is 8.19. The monoisotopic (exact) mass is 861 g/mol. The van der Waals surface area contributed by atoms with E-state index in [9.17, 15) is 29.5 Å². The van der Waals surface area contributed by atoms with E-state index in [0.29, 0.717) is 25.7 Å². The lowest BCUT2D eigenvalue weighted by molar-refractivity contribution is -0.161. The third-order valence-corrected chi connectivity index (χ3v) is 12.3. The molecule has 1 saturated carbocycles. The van der Waals surface area contributed by atoms with Crippen molar-refractivity contribution in [3.63, 3.8) is 0 Å². The molecule has 5 N–H and O–H groups in total. The Kier molecular flexibility index (Phi) is 34.2. The summed E-state index contributed by atoms with van der Waals surface area (Å²) in [4.78, 5) is 43.2. The Morgan fingerprint density at radius 1 is 0.644 bits per heavy atom. The zero-order chi connectivity index (χ0) is 43.6. The molecule has 0 radical (unpaired) electrons. The lowest BCUT2D eigenvalue weighted by Crippen LogP contribution is -2.29. The molecule has 0 amide bonds. The summed E-state index contributed by atoms with van der Waals surface area (Å²) in [6.07, 6.45) is 32.9. The van der Waals surface area contributed by atoms with Crippen molar-refractivity contribution in [1.29, 1.82) is 0 Å². The van der Waals surface area contributed by atoms with Crippen LogP contribution >= 0.6 is 7.82 Å². The number of ether oxygens (including phenoxy) is 2. The zero-order valence-electron chi connectivity index (χ0n) is 37.7. The van der Waals surface area contributed by atoms with Gasteiger partial charge in [0.1, 0.15) is 6.61 Å². The molecule has 0 saturated heterocycles. The van der Waals surface area contributed by atoms with E-state index in [0.717, 1.165) is 70.1 Å². The average Bonchev–Trinajstić information content (AvgIpc) is 3.45. The highest BCUT2D eigenvalue weighted by Gasteiger charge is 2.39. The minimum atomic E-state index is -4.81. The van der Waals surface area contributed by atoms with Crippen molar-refractivity contribution in [2.24, 2.45) is 17.8 Å². The van der Waals surface area contributed by atoms with E-state index in [1.165, 1.54) is 96.3 Å². The Morgan fingerprint density at radius 3 is 1.63 bits per heavy atom. The van der Waals surface area contributed by atoms with Crippen molar-refractivity contribution in [2.75, 3.05) is 13.2 Å². The van der Waals surface area contributed by atoms with Gasteiger partial charge < -0.3 is 34.6 Å². The molecule has 0 aromatic heterocycles. The molecule has 11 nitrogen and oxygen atoms in total. The fraction of sp³-hybridized carbons (Fsp3) is 0.915. The van der Waals surface area contributed by atoms with Crippen LogP contribution in [0.1, 0.15) is 220 Å². The second-order valence-corrected chi connectivity index (χ2v) is 19.1. The number of carbonyl (C=O) groups excluding carboxylic acids is 2. The van der Waals surface area contributed by atoms with Crippen LogP contribution in [0.5, 0.6) is 0 Å². The maximum atomic E-state index is 12.5. The predicted molar refractivity (Wildman–Crippen MR) is 237 cm³/mol. The first kappa shape index (κ1) is 55.7. The first-order chi connectivity index (χ1) is 28.3. The molecule has 6 atom stereocenters. The van der Waals surface area contributed by atoms with E-state index >= 15 is 0 Å². The van der Waals surface area contributed by atoms with Crippen LogP contribution in [0.15, 0.2) is 12.2 Å². The lowest BCUT2D eigenvalue weighted by Gasteiger charge is -2.21. The summed E-state index contributed by atoms with van der Waals surface area (Å²) in [5.74, 6) is -0.449. The second kappa shape index (κ2) is 36.2. The normalized spacial score (nSPS) is 19.5. The number of phosphoric acid groups is 1. The molecular weight excluding hydrogens is 771 g/mol. The Hall–Kier alpha value is -1.33. The van der Waals surface area contributed by atoms with Gasteiger partial charge >= 0.3 is 19.8 Å². The molecule has 348 valence electrons. The molecule has 0 aromatic carbocycles. The summed E-state index contributed by atoms with van der Waals surface area (Å²) in [6, 6.07) is 0. The number of aliphatic hydroxyl groups excluding tert-OH is 3. The maximum Gasteiger partial charge on any atom is 0.469 e. The Bertz CT molecular complexity index is 1100. The number of carbonyl (C=O) groups is 2. The highest BCUT2D eigenvalue weighted by atomic mass is 31.2. The molecule has 1 aliphatic carbocycles. The summed E-state index contributed by atoms with van der Waals surface area (Å²) >= 11 is 0. The van der Waals surface area contributed by atoms with Gasteiger partial charge in [-0.05, 0) is 37.5 Å². The Balaban J connectivity index is 2.16. The van der Waals surface area contributed by atoms with Crippen molar-refractivity contribution in [3.05, 3.63) is 12.2 Å². The van der Waals surface area contributed by atoms with Crippen LogP contribution in [0.2, 0.25) is 0 Å². The van der Waals surface area contributed by atoms with Crippen LogP contribution in [0.4, 0.5) is 0 Å². The van der Waals surface area contributed by atoms with Crippen LogP contribution < -0.4 is 0 Å². The molecule has 12 heteroatoms. The number of unbranched alkanes of at least 4 members (excludes halogenated alkanes) is 22. The molecule has 0 aliphatic heterocycles. The highest BCUT2D eigenvalue weighted by molar-refractivity contribution is 7.46. The summed E-state index contributed by atoms with van der Waals surface area (Å²) in [5.41, 5.74) is 0. The van der Waals surface area contributed by atoms with Crippen LogP contribution in [0.25, 0.3) is 0 Å². The first-order valence-corrected chi connectivity index (χ1v) is 25.6. The molecule has 1 rings (SSSR count). The Labute approximate surface area is 359 Å². The van der Waals surface area contributed by atoms with Crippen molar-refractivity contribution >= 4 is 19.8 Å². The van der Waals surface area contributed by atoms with Crippen LogP contribution in [-0.4, -0.2) is 74.7 Å². The molecule has 0 spiro atoms. The number of esters is 2. The summed E-state index contributed by atoms with van der Waals surface area (Å²) in [7, 11) is -4.81. The van der Waals surface area contributed by atoms with E-state index < -0.39 is 50.8 Å². The molecule has 0 bridgehead atoms. The van der Waals surface area contributed by atoms with Gasteiger partial charge in [0, 0.05) is 25.2 Å². The molecule has 0 heterocycles. The minimum Gasteiger partial charge on any atom is -0.462 e. The lowest BCUT2D eigenvalue weighted by atomic mass is 9.88. The third kappa shape index (κ3) is 33.0. The van der Waals surface area contributed by atoms with E-state index in [2.05, 4.69) is 25.3 Å². The van der Waals surface area contributed by atoms with E-state index in [1.54, 1.807) is 6.08 Å². The fourth-order valence-corrected chi connectivity index (χ4v) is 8.55. The van der Waals surface area contributed by atoms with Crippen molar-refractivity contribution in [1.82, 2.24) is 0 Å². The van der Waals surface area contributed by atoms with Gasteiger partial charge in [-0.1, -0.05) is 187 Å². The van der Waals surface area contributed by atoms with Crippen LogP contribution in [-0.2, 0) is 28.2 Å². The Morgan fingerprint density at radius 2 is 1.12 bits per heavy atom. The van der Waals surface area contributed by atoms with Gasteiger partial charge in [-0.2, -0.15) is 0 Å². The number of hydrogen-bond acceptors (Lipinski definition) is 9. The second-order valence-electron chi connectivity index (χ2n) is 17.9. The van der Waals surface area contributed by atoms with Crippen LogP contribution in [0.3, 0.4) is 0 Å². The predicted octanol–water partition coefficient (Wildman–Crippen LogP) is 11.2. The zero-order valence-corrected chi connectivity index (χ0v) is 38.6. The largest absolute Gasteiger partial charge is 0.469 e. The smallest absolute Gasteiger partial charge is 0.462 e. The van der Waals surface area contributed by atoms with E-state index in [1.807, 2.05) is 6.08 Å². The average molecular weight is 861 g/mol. The van der Waals surface area contributed by atoms with Crippen molar-refractivity contribution in [3.8, 4) is 0 Å². The molecule has 1 aliphatic rings. The molecule has 0 unspecified atom stereocenters. The maximum absolute atomic E-state index is 12.5. The van der Waals surface area contributed by atoms with Gasteiger partial charge in [0.25, 0.3) is 0 Å². The molecule has 0 aromatic rings. The molecule has 59 heavy (non-hydrogen) atoms. The third-order valence-electron chi connectivity index (χ3n) is 11.8. The van der Waals surface area contributed by atoms with Gasteiger partial charge in [-0.25, -0.2) is 4.57 Å². The number of hydrogen-bond donors (Lipinski definition) is 5. The van der Waals surface area contributed by atoms with E-state index in [-0.39, 0.29) is 31.3 Å². The topological polar surface area (TPSA) is 180 Å². The van der Waals surface area contributed by atoms with Gasteiger partial charge in [-0.3, -0.25) is 14.1 Å². The van der Waals surface area contributed by atoms with Crippen LogP contribution in [0, 0.1) is 17.8 Å². The number of phosphoric ester groups is 1. The SMILES string of the molecule is CCCCC[C@H](O)/C=C/[C@@H]1[C@@H](CCCCCCC(=O)OC[C@H](COP(=O)(O)O)OC(=O)CCCCCCCCCCCCCCCCCCCCC(C)C)[C@@H](O)C[C@H]1O. The van der Waals surface area contributed by atoms with Gasteiger partial charge in [-0.15, -0.1) is 0 Å². The highest BCUT2D eigenvalue weighted by Crippen LogP contribution is 2.38. The van der Waals surface area contributed by atoms with Crippen molar-refractivity contribution < 1.29 is 53.3 Å². The minimum absolute atomic E-state index is 0.0813. The number of rotatable bonds is 40. The number of aliphatic hydroxyl groups is 3. The first-order valence-electron chi connectivity index (χ1n) is 24.1. The standard InChI is InChI=1S/C47H89O11P/c1-4-5-24-30-40(48)34-35-43-42(44(49)36-45(43)50)31-26-22-23-27-32-46(51)56-37-41(38-57-59(53,54)55)58-47(52)33-28-21-19-17-15-13-11-9-7-6-8-10-12-14-16-18-20-25-29-39(2)3/h34-35,39-45,48-50H,4-33,36-38H2,1-3H3,(H2,53,54,55)/b35-34+/t40-,41+,42+,43+,44-,45+/m0/s1. The van der Waals surface area contributed by atoms with Gasteiger partial charge in [0.15, 0.2) is 6.10 Å². The summed E-state index contributed by atoms with van der Waals surface area (Å²) < 4.78 is 26.5. The van der Waals surface area contributed by atoms with Gasteiger partial charge in [0.2, 0.25) is 0 Å². The van der Waals surface area contributed by atoms with Gasteiger partial charge in [0.05, 0.1) is 24.9 Å². The summed E-state index contributed by atoms with van der Waals surface area (Å²) in [6.45, 7) is 5.80. The quantitative estimate of drug-likeness (QED) is 0.0171. The van der Waals surface area contributed by atoms with E-state index in [4.69, 9.17) is 19.3 Å².